The zero-order valence-electron chi connectivity index (χ0n) is 7.30. The molecule has 0 spiro atoms. The summed E-state index contributed by atoms with van der Waals surface area (Å²) in [6.07, 6.45) is 1.66. The minimum Gasteiger partial charge on any atom is -0.285 e. The number of halogens is 2. The Morgan fingerprint density at radius 3 is 2.57 bits per heavy atom. The van der Waals surface area contributed by atoms with E-state index >= 15 is 0 Å². The number of hydrogen-bond donors (Lipinski definition) is 0. The van der Waals surface area contributed by atoms with Crippen molar-refractivity contribution in [2.75, 3.05) is 0 Å². The van der Waals surface area contributed by atoms with Crippen LogP contribution in [0.2, 0.25) is 0 Å². The van der Waals surface area contributed by atoms with Crippen LogP contribution in [0.4, 0.5) is 0 Å². The molecule has 0 radical (unpaired) electrons. The van der Waals surface area contributed by atoms with Gasteiger partial charge in [0.2, 0.25) is 0 Å². The smallest absolute Gasteiger partial charge is 0.152 e. The summed E-state index contributed by atoms with van der Waals surface area (Å²) >= 11 is 5.70. The number of rotatable bonds is 2. The third-order valence-electron chi connectivity index (χ3n) is 1.77. The lowest BCUT2D eigenvalue weighted by molar-refractivity contribution is 0.951. The van der Waals surface area contributed by atoms with Gasteiger partial charge in [0, 0.05) is 5.69 Å². The van der Waals surface area contributed by atoms with Gasteiger partial charge < -0.3 is 0 Å². The highest BCUT2D eigenvalue weighted by molar-refractivity contribution is 6.16. The van der Waals surface area contributed by atoms with Crippen molar-refractivity contribution in [3.63, 3.8) is 0 Å². The lowest BCUT2D eigenvalue weighted by Crippen LogP contribution is -1.97. The van der Waals surface area contributed by atoms with Crippen molar-refractivity contribution >= 4 is 24.0 Å². The summed E-state index contributed by atoms with van der Waals surface area (Å²) in [6.45, 7) is 0. The van der Waals surface area contributed by atoms with E-state index in [1.165, 1.54) is 0 Å². The molecule has 5 heteroatoms. The van der Waals surface area contributed by atoms with E-state index in [0.717, 1.165) is 11.5 Å². The van der Waals surface area contributed by atoms with Gasteiger partial charge in [0.1, 0.15) is 6.33 Å². The SMILES string of the molecule is Cl.ClCc1nncn1-c1ccccc1. The second-order valence-corrected chi connectivity index (χ2v) is 2.85. The van der Waals surface area contributed by atoms with Gasteiger partial charge in [-0.25, -0.2) is 0 Å². The summed E-state index contributed by atoms with van der Waals surface area (Å²) in [4.78, 5) is 0. The maximum absolute atomic E-state index is 5.70. The molecule has 1 aromatic carbocycles. The fourth-order valence-electron chi connectivity index (χ4n) is 1.15. The molecule has 1 heterocycles. The monoisotopic (exact) mass is 229 g/mol. The summed E-state index contributed by atoms with van der Waals surface area (Å²) in [5, 5.41) is 7.69. The Morgan fingerprint density at radius 2 is 1.93 bits per heavy atom. The predicted octanol–water partition coefficient (Wildman–Crippen LogP) is 2.43. The fraction of sp³-hybridized carbons (Fsp3) is 0.111. The molecule has 0 fully saturated rings. The molecule has 0 atom stereocenters. The van der Waals surface area contributed by atoms with Gasteiger partial charge in [-0.2, -0.15) is 0 Å². The summed E-state index contributed by atoms with van der Waals surface area (Å²) in [5.41, 5.74) is 1.03. The number of hydrogen-bond acceptors (Lipinski definition) is 2. The van der Waals surface area contributed by atoms with Gasteiger partial charge >= 0.3 is 0 Å². The van der Waals surface area contributed by atoms with Gasteiger partial charge in [-0.1, -0.05) is 18.2 Å². The first kappa shape index (κ1) is 11.0. The third kappa shape index (κ3) is 2.05. The van der Waals surface area contributed by atoms with E-state index in [0.29, 0.717) is 5.88 Å². The second kappa shape index (κ2) is 4.98. The van der Waals surface area contributed by atoms with Crippen LogP contribution >= 0.6 is 24.0 Å². The first-order valence-corrected chi connectivity index (χ1v) is 4.45. The average Bonchev–Trinajstić information content (AvgIpc) is 2.67. The van der Waals surface area contributed by atoms with Crippen molar-refractivity contribution in [3.8, 4) is 5.69 Å². The van der Waals surface area contributed by atoms with Crippen LogP contribution in [-0.4, -0.2) is 14.8 Å². The zero-order valence-corrected chi connectivity index (χ0v) is 8.87. The molecule has 0 saturated carbocycles. The molecular weight excluding hydrogens is 221 g/mol. The lowest BCUT2D eigenvalue weighted by atomic mass is 10.3. The molecule has 14 heavy (non-hydrogen) atoms. The van der Waals surface area contributed by atoms with Crippen molar-refractivity contribution in [1.82, 2.24) is 14.8 Å². The van der Waals surface area contributed by atoms with Crippen molar-refractivity contribution in [1.29, 1.82) is 0 Å². The van der Waals surface area contributed by atoms with Crippen LogP contribution in [-0.2, 0) is 5.88 Å². The topological polar surface area (TPSA) is 30.7 Å². The van der Waals surface area contributed by atoms with Crippen molar-refractivity contribution in [2.24, 2.45) is 0 Å². The fourth-order valence-corrected chi connectivity index (χ4v) is 1.34. The van der Waals surface area contributed by atoms with E-state index in [1.807, 2.05) is 34.9 Å². The maximum Gasteiger partial charge on any atom is 0.152 e. The molecule has 0 saturated heterocycles. The van der Waals surface area contributed by atoms with E-state index in [9.17, 15) is 0 Å². The van der Waals surface area contributed by atoms with E-state index in [1.54, 1.807) is 6.33 Å². The predicted molar refractivity (Wildman–Crippen MR) is 58.2 cm³/mol. The molecule has 0 aliphatic carbocycles. The maximum atomic E-state index is 5.70. The van der Waals surface area contributed by atoms with Crippen molar-refractivity contribution in [2.45, 2.75) is 5.88 Å². The Morgan fingerprint density at radius 1 is 1.21 bits per heavy atom. The standard InChI is InChI=1S/C9H8ClN3.ClH/c10-6-9-12-11-7-13(9)8-4-2-1-3-5-8;/h1-5,7H,6H2;1H. The van der Waals surface area contributed by atoms with Gasteiger partial charge in [-0.05, 0) is 12.1 Å². The molecule has 2 aromatic rings. The number of alkyl halides is 1. The Kier molecular flexibility index (Phi) is 3.92. The molecule has 3 nitrogen and oxygen atoms in total. The summed E-state index contributed by atoms with van der Waals surface area (Å²) in [5.74, 6) is 1.13. The van der Waals surface area contributed by atoms with Gasteiger partial charge in [0.15, 0.2) is 5.82 Å². The minimum atomic E-state index is 0. The van der Waals surface area contributed by atoms with Crippen molar-refractivity contribution in [3.05, 3.63) is 42.5 Å². The van der Waals surface area contributed by atoms with E-state index in [4.69, 9.17) is 11.6 Å². The summed E-state index contributed by atoms with van der Waals surface area (Å²) in [6, 6.07) is 9.87. The van der Waals surface area contributed by atoms with Crippen LogP contribution in [0.3, 0.4) is 0 Å². The van der Waals surface area contributed by atoms with E-state index in [-0.39, 0.29) is 12.4 Å². The molecule has 0 unspecified atom stereocenters. The number of aromatic nitrogens is 3. The first-order valence-electron chi connectivity index (χ1n) is 3.92. The van der Waals surface area contributed by atoms with Crippen LogP contribution in [0.25, 0.3) is 5.69 Å². The van der Waals surface area contributed by atoms with E-state index < -0.39 is 0 Å². The minimum absolute atomic E-state index is 0. The number of nitrogens with zero attached hydrogens (tertiary/aromatic N) is 3. The Bertz CT molecular complexity index is 386. The highest BCUT2D eigenvalue weighted by Crippen LogP contribution is 2.09. The zero-order chi connectivity index (χ0) is 9.10. The molecule has 0 N–H and O–H groups in total. The first-order chi connectivity index (χ1) is 6.42. The Labute approximate surface area is 93.1 Å². The molecule has 1 aromatic heterocycles. The molecule has 0 bridgehead atoms. The molecule has 2 rings (SSSR count). The number of benzene rings is 1. The quantitative estimate of drug-likeness (QED) is 0.741. The summed E-state index contributed by atoms with van der Waals surface area (Å²) in [7, 11) is 0. The normalized spacial score (nSPS) is 9.50. The van der Waals surface area contributed by atoms with Crippen LogP contribution < -0.4 is 0 Å². The van der Waals surface area contributed by atoms with Crippen LogP contribution in [0, 0.1) is 0 Å². The second-order valence-electron chi connectivity index (χ2n) is 2.59. The molecular formula is C9H9Cl2N3. The molecule has 0 aliphatic heterocycles. The highest BCUT2D eigenvalue weighted by atomic mass is 35.5. The van der Waals surface area contributed by atoms with E-state index in [2.05, 4.69) is 10.2 Å². The molecule has 0 amide bonds. The number of para-hydroxylation sites is 1. The molecule has 74 valence electrons. The largest absolute Gasteiger partial charge is 0.285 e. The van der Waals surface area contributed by atoms with Crippen molar-refractivity contribution < 1.29 is 0 Å². The van der Waals surface area contributed by atoms with Crippen LogP contribution in [0.15, 0.2) is 36.7 Å². The Balaban J connectivity index is 0.000000980. The lowest BCUT2D eigenvalue weighted by Gasteiger charge is -2.02. The Hall–Kier alpha value is -1.06. The van der Waals surface area contributed by atoms with Gasteiger partial charge in [0.05, 0.1) is 5.88 Å². The van der Waals surface area contributed by atoms with Crippen LogP contribution in [0.5, 0.6) is 0 Å². The van der Waals surface area contributed by atoms with Gasteiger partial charge in [-0.15, -0.1) is 34.2 Å². The van der Waals surface area contributed by atoms with Gasteiger partial charge in [0.25, 0.3) is 0 Å². The summed E-state index contributed by atoms with van der Waals surface area (Å²) < 4.78 is 1.87. The average molecular weight is 230 g/mol. The third-order valence-corrected chi connectivity index (χ3v) is 2.01. The molecule has 0 aliphatic rings. The van der Waals surface area contributed by atoms with Gasteiger partial charge in [-0.3, -0.25) is 4.57 Å². The van der Waals surface area contributed by atoms with Crippen LogP contribution in [0.1, 0.15) is 5.82 Å². The highest BCUT2D eigenvalue weighted by Gasteiger charge is 2.02.